The van der Waals surface area contributed by atoms with Crippen molar-refractivity contribution in [2.24, 2.45) is 0 Å². The highest BCUT2D eigenvalue weighted by atomic mass is 29.9. The summed E-state index contributed by atoms with van der Waals surface area (Å²) in [6, 6.07) is 19.4. The first-order valence-corrected chi connectivity index (χ1v) is 25.7. The third-order valence-electron chi connectivity index (χ3n) is 6.88. The van der Waals surface area contributed by atoms with Crippen molar-refractivity contribution in [3.05, 3.63) is 60.8 Å². The van der Waals surface area contributed by atoms with Gasteiger partial charge < -0.3 is 4.42 Å². The van der Waals surface area contributed by atoms with E-state index in [0.29, 0.717) is 0 Å². The summed E-state index contributed by atoms with van der Waals surface area (Å²) in [7, 11) is -3.13. The molecule has 6 heteroatoms. The topological polar surface area (TPSA) is 26.0 Å². The van der Waals surface area contributed by atoms with E-state index in [4.69, 9.17) is 9.40 Å². The van der Waals surface area contributed by atoms with Gasteiger partial charge in [-0.2, -0.15) is 0 Å². The molecule has 0 fully saturated rings. The van der Waals surface area contributed by atoms with Crippen molar-refractivity contribution < 1.29 is 4.42 Å². The summed E-state index contributed by atoms with van der Waals surface area (Å²) >= 11 is 0. The number of furan rings is 1. The molecule has 0 aliphatic heterocycles. The van der Waals surface area contributed by atoms with Gasteiger partial charge in [0.2, 0.25) is 0 Å². The molecule has 0 N–H and O–H groups in total. The highest BCUT2D eigenvalue weighted by Gasteiger charge is 2.57. The molecule has 1 radical (unpaired) electrons. The second-order valence-electron chi connectivity index (χ2n) is 11.0. The van der Waals surface area contributed by atoms with Crippen molar-refractivity contribution in [2.45, 2.75) is 52.4 Å². The van der Waals surface area contributed by atoms with E-state index in [-0.39, 0.29) is 0 Å². The third-order valence-corrected chi connectivity index (χ3v) is 70.6. The number of nitrogens with zero attached hydrogens (tertiary/aromatic N) is 1. The molecule has 0 aliphatic carbocycles. The van der Waals surface area contributed by atoms with Gasteiger partial charge in [0.05, 0.1) is 12.3 Å². The highest BCUT2D eigenvalue weighted by molar-refractivity contribution is 7.89. The summed E-state index contributed by atoms with van der Waals surface area (Å²) in [4.78, 5) is 5.08. The maximum Gasteiger partial charge on any atom is 0.144 e. The maximum absolute atomic E-state index is 6.27. The van der Waals surface area contributed by atoms with Crippen LogP contribution in [0, 0.1) is 0 Å². The number of hydrogen-bond acceptors (Lipinski definition) is 2. The van der Waals surface area contributed by atoms with E-state index >= 15 is 0 Å². The first-order valence-electron chi connectivity index (χ1n) is 11.2. The summed E-state index contributed by atoms with van der Waals surface area (Å²) in [5.41, 5.74) is 3.99. The molecule has 2 aromatic carbocycles. The molecule has 4 rings (SSSR count). The number of para-hydroxylation sites is 2. The molecule has 0 unspecified atom stereocenters. The van der Waals surface area contributed by atoms with Crippen LogP contribution in [0.3, 0.4) is 0 Å². The number of hydrogen-bond donors (Lipinski definition) is 0. The Morgan fingerprint density at radius 1 is 0.742 bits per heavy atom. The Bertz CT molecular complexity index is 1220. The molecule has 2 nitrogen and oxygen atoms in total. The number of rotatable bonds is 5. The minimum Gasteiger partial charge on any atom is -0.455 e. The van der Waals surface area contributed by atoms with Crippen molar-refractivity contribution in [3.8, 4) is 11.3 Å². The van der Waals surface area contributed by atoms with E-state index in [0.717, 1.165) is 22.4 Å². The number of benzene rings is 2. The van der Waals surface area contributed by atoms with Crippen LogP contribution in [0.15, 0.2) is 65.2 Å². The van der Waals surface area contributed by atoms with E-state index in [1.54, 1.807) is 5.19 Å². The Morgan fingerprint density at radius 3 is 1.97 bits per heavy atom. The van der Waals surface area contributed by atoms with E-state index < -0.39 is 30.1 Å². The van der Waals surface area contributed by atoms with Gasteiger partial charge >= 0.3 is 0 Å². The monoisotopic (exact) mass is 476 g/mol. The van der Waals surface area contributed by atoms with E-state index in [9.17, 15) is 0 Å². The second-order valence-corrected chi connectivity index (χ2v) is 47.3. The zero-order valence-corrected chi connectivity index (χ0v) is 24.1. The Morgan fingerprint density at radius 2 is 1.39 bits per heavy atom. The Labute approximate surface area is 190 Å². The van der Waals surface area contributed by atoms with Crippen LogP contribution >= 0.6 is 0 Å². The third kappa shape index (κ3) is 3.44. The Kier molecular flexibility index (Phi) is 5.57. The number of fused-ring (bicyclic) bond motifs is 3. The van der Waals surface area contributed by atoms with Crippen molar-refractivity contribution in [2.75, 3.05) is 0 Å². The molecule has 0 aliphatic rings. The van der Waals surface area contributed by atoms with Gasteiger partial charge in [0, 0.05) is 46.0 Å². The average molecular weight is 477 g/mol. The fourth-order valence-electron chi connectivity index (χ4n) is 6.50. The van der Waals surface area contributed by atoms with E-state index in [2.05, 4.69) is 101 Å². The molecule has 2 heterocycles. The fourth-order valence-corrected chi connectivity index (χ4v) is 85.9. The number of aromatic nitrogens is 1. The maximum atomic E-state index is 6.27. The minimum absolute atomic E-state index is 0.424. The molecule has 161 valence electrons. The first-order chi connectivity index (χ1) is 14.5. The quantitative estimate of drug-likeness (QED) is 0.291. The van der Waals surface area contributed by atoms with Crippen molar-refractivity contribution in [1.82, 2.24) is 4.98 Å². The summed E-state index contributed by atoms with van der Waals surface area (Å²) in [6.45, 7) is 19.3. The molecule has 2 aromatic heterocycles. The average Bonchev–Trinajstić information content (AvgIpc) is 3.05. The number of pyridine rings is 1. The molecular formula is C25H34NOSi4. The summed E-state index contributed by atoms with van der Waals surface area (Å²) in [5, 5.41) is 3.95. The summed E-state index contributed by atoms with van der Waals surface area (Å²) in [5.74, 6) is 0. The Hall–Kier alpha value is -1.74. The van der Waals surface area contributed by atoms with Gasteiger partial charge in [0.1, 0.15) is 11.2 Å². The van der Waals surface area contributed by atoms with E-state index in [1.165, 1.54) is 10.8 Å². The van der Waals surface area contributed by atoms with Crippen molar-refractivity contribution >= 4 is 57.2 Å². The molecule has 0 atom stereocenters. The van der Waals surface area contributed by atoms with E-state index in [1.807, 2.05) is 12.1 Å². The van der Waals surface area contributed by atoms with Gasteiger partial charge in [-0.25, -0.2) is 0 Å². The van der Waals surface area contributed by atoms with Gasteiger partial charge in [-0.05, 0) is 23.4 Å². The predicted octanol–water partition coefficient (Wildman–Crippen LogP) is 6.97. The lowest BCUT2D eigenvalue weighted by molar-refractivity contribution is 0.670. The van der Waals surface area contributed by atoms with Crippen molar-refractivity contribution in [3.63, 3.8) is 0 Å². The van der Waals surface area contributed by atoms with Crippen LogP contribution < -0.4 is 5.19 Å². The molecule has 0 saturated carbocycles. The first kappa shape index (κ1) is 22.5. The molecule has 4 aromatic rings. The largest absolute Gasteiger partial charge is 0.455 e. The second kappa shape index (κ2) is 7.69. The van der Waals surface area contributed by atoms with Crippen LogP contribution in [0.25, 0.3) is 33.2 Å². The minimum atomic E-state index is -1.56. The fraction of sp³-hybridized carbons (Fsp3) is 0.320. The van der Waals surface area contributed by atoms with Gasteiger partial charge in [0.15, 0.2) is 0 Å². The van der Waals surface area contributed by atoms with Gasteiger partial charge in [-0.1, -0.05) is 88.8 Å². The molecular weight excluding hydrogens is 443 g/mol. The molecule has 0 amide bonds. The lowest BCUT2D eigenvalue weighted by Gasteiger charge is -2.53. The Balaban J connectivity index is 1.89. The van der Waals surface area contributed by atoms with Crippen LogP contribution in [0.1, 0.15) is 0 Å². The lowest BCUT2D eigenvalue weighted by Crippen LogP contribution is -2.84. The van der Waals surface area contributed by atoms with Gasteiger partial charge in [0.25, 0.3) is 0 Å². The van der Waals surface area contributed by atoms with Crippen LogP contribution in [0.4, 0.5) is 0 Å². The lowest BCUT2D eigenvalue weighted by atomic mass is 10.1. The highest BCUT2D eigenvalue weighted by Crippen LogP contribution is 2.35. The molecule has 31 heavy (non-hydrogen) atoms. The standard InChI is InChI=1S/C25H34NOSi4/c1-28(2)31(29(3,4)5,30(6,7)8)19-16-17-23(26-18-19)22-14-11-13-21-20-12-9-10-15-24(20)27-25(21)22/h9-18H,1-8H3. The normalized spacial score (nSPS) is 13.5. The van der Waals surface area contributed by atoms with Crippen LogP contribution in [-0.2, 0) is 0 Å². The zero-order chi connectivity index (χ0) is 22.6. The van der Waals surface area contributed by atoms with Crippen molar-refractivity contribution in [1.29, 1.82) is 0 Å². The van der Waals surface area contributed by atoms with Crippen LogP contribution in [0.2, 0.25) is 52.4 Å². The summed E-state index contributed by atoms with van der Waals surface area (Å²) in [6.07, 6.45) is 2.26. The van der Waals surface area contributed by atoms with Crippen LogP contribution in [0.5, 0.6) is 0 Å². The molecule has 0 saturated heterocycles. The van der Waals surface area contributed by atoms with Crippen LogP contribution in [-0.4, -0.2) is 35.1 Å². The SMILES string of the molecule is C[Si](C)[Si](c1ccc(-c2cccc3c2oc2ccccc23)nc1)([Si](C)(C)C)[Si](C)(C)C. The smallest absolute Gasteiger partial charge is 0.144 e. The molecule has 0 bridgehead atoms. The summed E-state index contributed by atoms with van der Waals surface area (Å²) < 4.78 is 6.27. The zero-order valence-electron chi connectivity index (χ0n) is 20.1. The predicted molar refractivity (Wildman–Crippen MR) is 147 cm³/mol. The molecule has 0 spiro atoms. The van der Waals surface area contributed by atoms with Gasteiger partial charge in [-0.3, -0.25) is 4.98 Å². The van der Waals surface area contributed by atoms with Gasteiger partial charge in [-0.15, -0.1) is 0 Å².